The second-order valence-electron chi connectivity index (χ2n) is 2.70. The molecule has 1 aliphatic heterocycles. The highest BCUT2D eigenvalue weighted by Crippen LogP contribution is 2.24. The first-order valence-corrected chi connectivity index (χ1v) is 4.59. The normalized spacial score (nSPS) is 22.9. The van der Waals surface area contributed by atoms with Crippen LogP contribution in [0.15, 0.2) is 16.6 Å². The summed E-state index contributed by atoms with van der Waals surface area (Å²) in [7, 11) is 1.94. The van der Waals surface area contributed by atoms with Crippen molar-refractivity contribution < 1.29 is 0 Å². The molecule has 5 heteroatoms. The molecule has 0 spiro atoms. The van der Waals surface area contributed by atoms with E-state index < -0.39 is 0 Å². The lowest BCUT2D eigenvalue weighted by Crippen LogP contribution is -2.32. The molecule has 1 atom stereocenters. The summed E-state index contributed by atoms with van der Waals surface area (Å²) < 4.78 is 0. The minimum atomic E-state index is 0.255. The predicted octanol–water partition coefficient (Wildman–Crippen LogP) is 0.444. The molecular weight excluding hydrogens is 172 g/mol. The lowest BCUT2D eigenvalue weighted by atomic mass is 10.3. The topological polar surface area (TPSA) is 54.5 Å². The zero-order valence-corrected chi connectivity index (χ0v) is 7.58. The Labute approximate surface area is 74.7 Å². The first kappa shape index (κ1) is 7.54. The van der Waals surface area contributed by atoms with Crippen molar-refractivity contribution in [2.75, 3.05) is 13.6 Å². The van der Waals surface area contributed by atoms with E-state index in [2.05, 4.69) is 9.98 Å². The van der Waals surface area contributed by atoms with Crippen LogP contribution in [0.3, 0.4) is 0 Å². The van der Waals surface area contributed by atoms with Crippen molar-refractivity contribution in [2.45, 2.75) is 6.04 Å². The molecule has 12 heavy (non-hydrogen) atoms. The minimum absolute atomic E-state index is 0.255. The smallest absolute Gasteiger partial charge is 0.191 e. The quantitative estimate of drug-likeness (QED) is 0.686. The Bertz CT molecular complexity index is 292. The summed E-state index contributed by atoms with van der Waals surface area (Å²) in [6, 6.07) is 0.255. The number of guanidine groups is 1. The third-order valence-electron chi connectivity index (χ3n) is 1.99. The zero-order valence-electron chi connectivity index (χ0n) is 6.77. The fourth-order valence-electron chi connectivity index (χ4n) is 1.22. The Balaban J connectivity index is 2.20. The first-order valence-electron chi connectivity index (χ1n) is 3.71. The van der Waals surface area contributed by atoms with Crippen LogP contribution >= 0.6 is 11.3 Å². The summed E-state index contributed by atoms with van der Waals surface area (Å²) in [6.45, 7) is 0.732. The second-order valence-corrected chi connectivity index (χ2v) is 3.62. The third-order valence-corrected chi connectivity index (χ3v) is 2.87. The molecule has 2 heterocycles. The van der Waals surface area contributed by atoms with E-state index in [1.54, 1.807) is 11.3 Å². The number of nitrogens with two attached hydrogens (primary N) is 1. The van der Waals surface area contributed by atoms with Crippen LogP contribution in [-0.4, -0.2) is 29.4 Å². The summed E-state index contributed by atoms with van der Waals surface area (Å²) >= 11 is 1.64. The minimum Gasteiger partial charge on any atom is -0.370 e. The van der Waals surface area contributed by atoms with Gasteiger partial charge in [-0.3, -0.25) is 4.99 Å². The Morgan fingerprint density at radius 1 is 1.75 bits per heavy atom. The number of hydrogen-bond acceptors (Lipinski definition) is 5. The number of aliphatic imine (C=N–C) groups is 1. The van der Waals surface area contributed by atoms with Gasteiger partial charge in [-0.25, -0.2) is 4.98 Å². The molecule has 0 fully saturated rings. The summed E-state index contributed by atoms with van der Waals surface area (Å²) in [5, 5.41) is 3.05. The molecule has 4 nitrogen and oxygen atoms in total. The van der Waals surface area contributed by atoms with E-state index >= 15 is 0 Å². The van der Waals surface area contributed by atoms with Gasteiger partial charge in [-0.15, -0.1) is 11.3 Å². The number of likely N-dealkylation sites (N-methyl/N-ethyl adjacent to an activating group) is 1. The van der Waals surface area contributed by atoms with Gasteiger partial charge in [0.1, 0.15) is 11.0 Å². The first-order chi connectivity index (χ1) is 5.79. The van der Waals surface area contributed by atoms with Crippen molar-refractivity contribution in [3.05, 3.63) is 16.6 Å². The monoisotopic (exact) mass is 182 g/mol. The van der Waals surface area contributed by atoms with Crippen molar-refractivity contribution in [1.82, 2.24) is 9.88 Å². The van der Waals surface area contributed by atoms with Crippen LogP contribution in [0.2, 0.25) is 0 Å². The van der Waals surface area contributed by atoms with Crippen molar-refractivity contribution in [1.29, 1.82) is 0 Å². The van der Waals surface area contributed by atoms with Gasteiger partial charge in [0, 0.05) is 18.6 Å². The third kappa shape index (κ3) is 1.06. The maximum Gasteiger partial charge on any atom is 0.191 e. The molecule has 0 saturated heterocycles. The molecule has 2 N–H and O–H groups in total. The summed E-state index contributed by atoms with van der Waals surface area (Å²) in [4.78, 5) is 10.3. The standard InChI is InChI=1S/C7H10N4S/c1-11-5(4-10-7(11)8)6-9-2-3-12-6/h2-3,5H,4H2,1H3,(H2,8,10). The Kier molecular flexibility index (Phi) is 1.73. The molecule has 1 aromatic heterocycles. The predicted molar refractivity (Wildman–Crippen MR) is 49.1 cm³/mol. The lowest BCUT2D eigenvalue weighted by Gasteiger charge is -2.18. The van der Waals surface area contributed by atoms with E-state index in [9.17, 15) is 0 Å². The number of hydrogen-bond donors (Lipinski definition) is 1. The lowest BCUT2D eigenvalue weighted by molar-refractivity contribution is 0.412. The van der Waals surface area contributed by atoms with Gasteiger partial charge in [0.25, 0.3) is 0 Å². The molecule has 1 aromatic rings. The van der Waals surface area contributed by atoms with E-state index in [0.717, 1.165) is 11.6 Å². The number of aromatic nitrogens is 1. The molecule has 0 amide bonds. The molecule has 2 rings (SSSR count). The fraction of sp³-hybridized carbons (Fsp3) is 0.429. The average molecular weight is 182 g/mol. The van der Waals surface area contributed by atoms with Gasteiger partial charge in [0.2, 0.25) is 0 Å². The molecule has 0 aromatic carbocycles. The van der Waals surface area contributed by atoms with Crippen LogP contribution in [0.5, 0.6) is 0 Å². The van der Waals surface area contributed by atoms with Crippen molar-refractivity contribution in [3.8, 4) is 0 Å². The largest absolute Gasteiger partial charge is 0.370 e. The van der Waals surface area contributed by atoms with Gasteiger partial charge < -0.3 is 10.6 Å². The van der Waals surface area contributed by atoms with Gasteiger partial charge in [-0.2, -0.15) is 0 Å². The fourth-order valence-corrected chi connectivity index (χ4v) is 1.99. The van der Waals surface area contributed by atoms with Crippen LogP contribution in [0.25, 0.3) is 0 Å². The Hall–Kier alpha value is -1.10. The van der Waals surface area contributed by atoms with Crippen LogP contribution in [-0.2, 0) is 0 Å². The van der Waals surface area contributed by atoms with Crippen LogP contribution in [0.4, 0.5) is 0 Å². The summed E-state index contributed by atoms with van der Waals surface area (Å²) in [6.07, 6.45) is 1.81. The van der Waals surface area contributed by atoms with E-state index in [1.165, 1.54) is 0 Å². The number of rotatable bonds is 1. The summed E-state index contributed by atoms with van der Waals surface area (Å²) in [5.74, 6) is 0.607. The Morgan fingerprint density at radius 2 is 2.58 bits per heavy atom. The van der Waals surface area contributed by atoms with Crippen LogP contribution in [0, 0.1) is 0 Å². The highest BCUT2D eigenvalue weighted by Gasteiger charge is 2.25. The van der Waals surface area contributed by atoms with Gasteiger partial charge in [-0.05, 0) is 0 Å². The average Bonchev–Trinajstić information content (AvgIpc) is 2.64. The van der Waals surface area contributed by atoms with Gasteiger partial charge in [0.15, 0.2) is 5.96 Å². The van der Waals surface area contributed by atoms with E-state index in [4.69, 9.17) is 5.73 Å². The molecule has 64 valence electrons. The van der Waals surface area contributed by atoms with E-state index in [1.807, 2.05) is 23.5 Å². The number of thiazole rings is 1. The van der Waals surface area contributed by atoms with Crippen molar-refractivity contribution >= 4 is 17.3 Å². The molecule has 0 radical (unpaired) electrons. The highest BCUT2D eigenvalue weighted by molar-refractivity contribution is 7.09. The number of nitrogens with zero attached hydrogens (tertiary/aromatic N) is 3. The van der Waals surface area contributed by atoms with Crippen LogP contribution in [0.1, 0.15) is 11.0 Å². The maximum absolute atomic E-state index is 5.63. The zero-order chi connectivity index (χ0) is 8.55. The van der Waals surface area contributed by atoms with Crippen molar-refractivity contribution in [2.24, 2.45) is 10.7 Å². The molecule has 0 saturated carbocycles. The molecule has 1 unspecified atom stereocenters. The highest BCUT2D eigenvalue weighted by atomic mass is 32.1. The molecule has 0 aliphatic carbocycles. The second kappa shape index (κ2) is 2.75. The van der Waals surface area contributed by atoms with Crippen LogP contribution < -0.4 is 5.73 Å². The Morgan fingerprint density at radius 3 is 3.08 bits per heavy atom. The van der Waals surface area contributed by atoms with E-state index in [-0.39, 0.29) is 6.04 Å². The van der Waals surface area contributed by atoms with Gasteiger partial charge in [0.05, 0.1) is 6.54 Å². The van der Waals surface area contributed by atoms with E-state index in [0.29, 0.717) is 5.96 Å². The van der Waals surface area contributed by atoms with Gasteiger partial charge in [-0.1, -0.05) is 0 Å². The molecule has 1 aliphatic rings. The van der Waals surface area contributed by atoms with Crippen molar-refractivity contribution in [3.63, 3.8) is 0 Å². The SMILES string of the molecule is CN1C(N)=NCC1c1nccs1. The molecule has 0 bridgehead atoms. The van der Waals surface area contributed by atoms with Gasteiger partial charge >= 0.3 is 0 Å². The maximum atomic E-state index is 5.63. The molecular formula is C7H10N4S. The summed E-state index contributed by atoms with van der Waals surface area (Å²) in [5.41, 5.74) is 5.63.